The second-order valence-electron chi connectivity index (χ2n) is 5.35. The van der Waals surface area contributed by atoms with Crippen molar-refractivity contribution in [1.29, 1.82) is 0 Å². The molecule has 1 aromatic carbocycles. The second-order valence-corrected chi connectivity index (χ2v) is 7.56. The Kier molecular flexibility index (Phi) is 8.02. The van der Waals surface area contributed by atoms with Gasteiger partial charge < -0.3 is 23.3 Å². The lowest BCUT2D eigenvalue weighted by molar-refractivity contribution is -0.142. The largest absolute Gasteiger partial charge is 0.493 e. The van der Waals surface area contributed by atoms with E-state index in [1.165, 1.54) is 40.4 Å². The van der Waals surface area contributed by atoms with Crippen molar-refractivity contribution in [1.82, 2.24) is 0 Å². The predicted octanol–water partition coefficient (Wildman–Crippen LogP) is 3.40. The summed E-state index contributed by atoms with van der Waals surface area (Å²) in [7, 11) is -0.128. The summed E-state index contributed by atoms with van der Waals surface area (Å²) in [5.74, 6) is -0.902. The third kappa shape index (κ3) is 5.69. The topological polar surface area (TPSA) is 97.4 Å². The fourth-order valence-electron chi connectivity index (χ4n) is 1.97. The Balaban J connectivity index is 3.46. The molecule has 0 fully saturated rings. The second kappa shape index (κ2) is 9.52. The molecule has 0 aliphatic rings. The van der Waals surface area contributed by atoms with Gasteiger partial charge in [-0.25, -0.2) is 4.79 Å². The highest BCUT2D eigenvalue weighted by Gasteiger charge is 2.35. The Bertz CT molecular complexity index is 730. The van der Waals surface area contributed by atoms with E-state index in [0.29, 0.717) is 11.3 Å². The molecule has 0 aromatic heterocycles. The molecule has 0 aliphatic heterocycles. The molecule has 0 spiro atoms. The minimum Gasteiger partial charge on any atom is -0.493 e. The van der Waals surface area contributed by atoms with Gasteiger partial charge in [-0.15, -0.1) is 0 Å². The maximum Gasteiger partial charge on any atom is 0.368 e. The van der Waals surface area contributed by atoms with E-state index in [0.717, 1.165) is 0 Å². The summed E-state index contributed by atoms with van der Waals surface area (Å²) in [6.07, 6.45) is 0.866. The van der Waals surface area contributed by atoms with Gasteiger partial charge in [0, 0.05) is 21.1 Å². The van der Waals surface area contributed by atoms with Crippen LogP contribution in [0.3, 0.4) is 0 Å². The van der Waals surface area contributed by atoms with Gasteiger partial charge in [0.25, 0.3) is 0 Å². The van der Waals surface area contributed by atoms with Crippen LogP contribution in [0.25, 0.3) is 6.08 Å². The third-order valence-electron chi connectivity index (χ3n) is 3.07. The maximum atomic E-state index is 12.7. The quantitative estimate of drug-likeness (QED) is 0.290. The molecule has 0 saturated heterocycles. The van der Waals surface area contributed by atoms with Gasteiger partial charge in [0.2, 0.25) is 0 Å². The third-order valence-corrected chi connectivity index (χ3v) is 4.94. The van der Waals surface area contributed by atoms with Crippen LogP contribution >= 0.6 is 7.60 Å². The number of benzene rings is 1. The van der Waals surface area contributed by atoms with Gasteiger partial charge in [-0.3, -0.25) is 9.36 Å². The molecule has 0 amide bonds. The van der Waals surface area contributed by atoms with Crippen LogP contribution in [-0.4, -0.2) is 39.4 Å². The van der Waals surface area contributed by atoms with Crippen molar-refractivity contribution in [3.05, 3.63) is 29.1 Å². The molecule has 0 saturated carbocycles. The van der Waals surface area contributed by atoms with E-state index in [1.807, 2.05) is 0 Å². The van der Waals surface area contributed by atoms with Gasteiger partial charge in [-0.05, 0) is 37.6 Å². The summed E-state index contributed by atoms with van der Waals surface area (Å²) in [6, 6.07) is 4.59. The van der Waals surface area contributed by atoms with Crippen LogP contribution in [0.5, 0.6) is 11.5 Å². The van der Waals surface area contributed by atoms with E-state index in [9.17, 15) is 14.2 Å². The monoisotopic (exact) mass is 386 g/mol. The number of methoxy groups -OCH3 is 1. The van der Waals surface area contributed by atoms with Gasteiger partial charge in [0.1, 0.15) is 5.31 Å². The number of carbonyl (C=O) groups is 2. The zero-order valence-corrected chi connectivity index (χ0v) is 16.5. The van der Waals surface area contributed by atoms with Crippen LogP contribution in [-0.2, 0) is 27.9 Å². The number of esters is 2. The number of hydrogen-bond acceptors (Lipinski definition) is 8. The molecule has 0 N–H and O–H groups in total. The maximum absolute atomic E-state index is 12.7. The molecule has 1 aromatic rings. The van der Waals surface area contributed by atoms with E-state index >= 15 is 0 Å². The highest BCUT2D eigenvalue weighted by Crippen LogP contribution is 2.55. The van der Waals surface area contributed by atoms with Crippen molar-refractivity contribution >= 4 is 25.6 Å². The first-order valence-electron chi connectivity index (χ1n) is 7.68. The minimum atomic E-state index is -3.88. The van der Waals surface area contributed by atoms with E-state index in [2.05, 4.69) is 0 Å². The van der Waals surface area contributed by atoms with E-state index in [-0.39, 0.29) is 11.1 Å². The Hall–Kier alpha value is -2.15. The highest BCUT2D eigenvalue weighted by atomic mass is 31.2. The molecule has 0 aliphatic carbocycles. The van der Waals surface area contributed by atoms with E-state index in [4.69, 9.17) is 23.3 Å². The van der Waals surface area contributed by atoms with Crippen molar-refractivity contribution in [2.24, 2.45) is 0 Å². The van der Waals surface area contributed by atoms with Crippen LogP contribution < -0.4 is 9.47 Å². The molecular weight excluding hydrogens is 363 g/mol. The van der Waals surface area contributed by atoms with Gasteiger partial charge in [-0.1, -0.05) is 6.07 Å². The van der Waals surface area contributed by atoms with E-state index < -0.39 is 25.6 Å². The van der Waals surface area contributed by atoms with E-state index in [1.54, 1.807) is 26.0 Å². The Labute approximate surface area is 152 Å². The molecule has 0 heterocycles. The average Bonchev–Trinajstić information content (AvgIpc) is 2.58. The number of rotatable bonds is 8. The van der Waals surface area contributed by atoms with Crippen molar-refractivity contribution in [2.45, 2.75) is 26.9 Å². The summed E-state index contributed by atoms with van der Waals surface area (Å²) in [5.41, 5.74) is 0.409. The normalized spacial score (nSPS) is 12.0. The van der Waals surface area contributed by atoms with Gasteiger partial charge >= 0.3 is 19.5 Å². The molecule has 0 bridgehead atoms. The first kappa shape index (κ1) is 21.9. The lowest BCUT2D eigenvalue weighted by Crippen LogP contribution is -2.15. The lowest BCUT2D eigenvalue weighted by atomic mass is 10.2. The molecular formula is C17H23O8P. The zero-order chi connectivity index (χ0) is 19.9. The van der Waals surface area contributed by atoms with Crippen LogP contribution in [0.1, 0.15) is 26.3 Å². The molecule has 144 valence electrons. The lowest BCUT2D eigenvalue weighted by Gasteiger charge is -2.18. The van der Waals surface area contributed by atoms with Crippen molar-refractivity contribution < 1.29 is 37.4 Å². The SMILES string of the molecule is COc1ccc(C=C(C(=O)OC(C)C)P(=O)(OC)OC)cc1OC(C)=O. The van der Waals surface area contributed by atoms with Crippen LogP contribution in [0.4, 0.5) is 0 Å². The number of carbonyl (C=O) groups excluding carboxylic acids is 2. The summed E-state index contributed by atoms with van der Waals surface area (Å²) in [5, 5.41) is -0.282. The van der Waals surface area contributed by atoms with Crippen molar-refractivity contribution in [3.8, 4) is 11.5 Å². The molecule has 26 heavy (non-hydrogen) atoms. The Morgan fingerprint density at radius 1 is 1.08 bits per heavy atom. The summed E-state index contributed by atoms with van der Waals surface area (Å²) < 4.78 is 37.9. The first-order chi connectivity index (χ1) is 12.2. The minimum absolute atomic E-state index is 0.148. The Morgan fingerprint density at radius 3 is 2.15 bits per heavy atom. The Morgan fingerprint density at radius 2 is 1.69 bits per heavy atom. The van der Waals surface area contributed by atoms with Crippen LogP contribution in [0.2, 0.25) is 0 Å². The summed E-state index contributed by atoms with van der Waals surface area (Å²) in [6.45, 7) is 4.57. The van der Waals surface area contributed by atoms with Gasteiger partial charge in [0.05, 0.1) is 13.2 Å². The molecule has 0 unspecified atom stereocenters. The predicted molar refractivity (Wildman–Crippen MR) is 95.1 cm³/mol. The summed E-state index contributed by atoms with van der Waals surface area (Å²) >= 11 is 0. The average molecular weight is 386 g/mol. The van der Waals surface area contributed by atoms with Crippen LogP contribution in [0, 0.1) is 0 Å². The van der Waals surface area contributed by atoms with Gasteiger partial charge in [0.15, 0.2) is 11.5 Å². The van der Waals surface area contributed by atoms with Crippen LogP contribution in [0.15, 0.2) is 23.5 Å². The molecule has 9 heteroatoms. The highest BCUT2D eigenvalue weighted by molar-refractivity contribution is 7.60. The number of ether oxygens (including phenoxy) is 3. The fraction of sp³-hybridized carbons (Fsp3) is 0.412. The van der Waals surface area contributed by atoms with Crippen molar-refractivity contribution in [3.63, 3.8) is 0 Å². The molecule has 1 rings (SSSR count). The first-order valence-corrected chi connectivity index (χ1v) is 9.22. The summed E-state index contributed by atoms with van der Waals surface area (Å²) in [4.78, 5) is 23.6. The standard InChI is InChI=1S/C17H23O8P/c1-11(2)24-17(19)16(26(20,22-5)23-6)10-13-7-8-14(21-4)15(9-13)25-12(3)18/h7-11H,1-6H3. The molecule has 0 atom stereocenters. The van der Waals surface area contributed by atoms with Crippen molar-refractivity contribution in [2.75, 3.05) is 21.3 Å². The zero-order valence-electron chi connectivity index (χ0n) is 15.6. The molecule has 0 radical (unpaired) electrons. The van der Waals surface area contributed by atoms with Gasteiger partial charge in [-0.2, -0.15) is 0 Å². The molecule has 8 nitrogen and oxygen atoms in total. The fourth-order valence-corrected chi connectivity index (χ4v) is 3.10. The smallest absolute Gasteiger partial charge is 0.368 e. The number of hydrogen-bond donors (Lipinski definition) is 0.